The van der Waals surface area contributed by atoms with Crippen LogP contribution in [0.3, 0.4) is 0 Å². The number of amides is 1. The van der Waals surface area contributed by atoms with Crippen LogP contribution in [-0.4, -0.2) is 37.2 Å². The second kappa shape index (κ2) is 6.87. The van der Waals surface area contributed by atoms with Crippen molar-refractivity contribution in [1.82, 2.24) is 30.0 Å². The minimum absolute atomic E-state index is 0.150. The molecule has 0 saturated carbocycles. The normalized spacial score (nSPS) is 11.1. The molecule has 0 aliphatic rings. The van der Waals surface area contributed by atoms with Crippen LogP contribution in [-0.2, 0) is 13.5 Å². The van der Waals surface area contributed by atoms with E-state index in [2.05, 4.69) is 25.5 Å². The monoisotopic (exact) mass is 348 g/mol. The standard InChI is InChI=1S/C19H20N6O/c1-25-11-5-8-17(25)15-12-16(24-23-15)19(26)20-10-4-9-18-21-13-6-2-3-7-14(13)22-18/h2-3,5-8,11-12H,4,9-10H2,1H3,(H,20,26)(H,21,22)(H,23,24). The minimum atomic E-state index is -0.150. The number of aryl methyl sites for hydroxylation is 2. The first-order chi connectivity index (χ1) is 12.7. The number of H-pyrrole nitrogens is 2. The van der Waals surface area contributed by atoms with Gasteiger partial charge in [0.05, 0.1) is 16.7 Å². The fourth-order valence-electron chi connectivity index (χ4n) is 2.97. The maximum atomic E-state index is 12.3. The lowest BCUT2D eigenvalue weighted by Crippen LogP contribution is -2.25. The van der Waals surface area contributed by atoms with E-state index in [0.717, 1.165) is 41.1 Å². The van der Waals surface area contributed by atoms with E-state index in [1.807, 2.05) is 54.2 Å². The maximum Gasteiger partial charge on any atom is 0.269 e. The average molecular weight is 348 g/mol. The highest BCUT2D eigenvalue weighted by molar-refractivity contribution is 5.93. The third-order valence-electron chi connectivity index (χ3n) is 4.34. The predicted molar refractivity (Wildman–Crippen MR) is 99.7 cm³/mol. The molecule has 0 fully saturated rings. The Morgan fingerprint density at radius 1 is 1.23 bits per heavy atom. The Morgan fingerprint density at radius 2 is 2.12 bits per heavy atom. The first-order valence-electron chi connectivity index (χ1n) is 8.59. The Morgan fingerprint density at radius 3 is 2.92 bits per heavy atom. The predicted octanol–water partition coefficient (Wildman–Crippen LogP) is 2.65. The molecule has 0 radical (unpaired) electrons. The van der Waals surface area contributed by atoms with Crippen molar-refractivity contribution in [3.8, 4) is 11.4 Å². The molecule has 1 aromatic carbocycles. The summed E-state index contributed by atoms with van der Waals surface area (Å²) in [7, 11) is 1.95. The largest absolute Gasteiger partial charge is 0.351 e. The second-order valence-corrected chi connectivity index (χ2v) is 6.23. The van der Waals surface area contributed by atoms with Crippen molar-refractivity contribution < 1.29 is 4.79 Å². The number of rotatable bonds is 6. The number of imidazole rings is 1. The van der Waals surface area contributed by atoms with Gasteiger partial charge in [0.15, 0.2) is 0 Å². The Hall–Kier alpha value is -3.35. The van der Waals surface area contributed by atoms with E-state index >= 15 is 0 Å². The van der Waals surface area contributed by atoms with Gasteiger partial charge in [-0.3, -0.25) is 9.89 Å². The number of carbonyl (C=O) groups is 1. The number of hydrogen-bond acceptors (Lipinski definition) is 3. The average Bonchev–Trinajstić information content (AvgIpc) is 3.36. The Balaban J connectivity index is 1.30. The molecule has 7 heteroatoms. The Labute approximate surface area is 150 Å². The number of para-hydroxylation sites is 2. The number of aromatic nitrogens is 5. The topological polar surface area (TPSA) is 91.4 Å². The SMILES string of the molecule is Cn1cccc1-c1cc(C(=O)NCCCc2nc3ccccc3[nH]2)[nH]n1. The van der Waals surface area contributed by atoms with Gasteiger partial charge in [-0.1, -0.05) is 12.1 Å². The summed E-state index contributed by atoms with van der Waals surface area (Å²) in [5.74, 6) is 0.788. The molecule has 26 heavy (non-hydrogen) atoms. The van der Waals surface area contributed by atoms with Gasteiger partial charge >= 0.3 is 0 Å². The van der Waals surface area contributed by atoms with E-state index in [9.17, 15) is 4.79 Å². The fraction of sp³-hybridized carbons (Fsp3) is 0.211. The van der Waals surface area contributed by atoms with Gasteiger partial charge in [0.25, 0.3) is 5.91 Å². The van der Waals surface area contributed by atoms with Gasteiger partial charge in [0.1, 0.15) is 17.2 Å². The molecule has 0 spiro atoms. The summed E-state index contributed by atoms with van der Waals surface area (Å²) in [6.07, 6.45) is 3.54. The number of carbonyl (C=O) groups excluding carboxylic acids is 1. The maximum absolute atomic E-state index is 12.3. The molecule has 4 aromatic rings. The van der Waals surface area contributed by atoms with Crippen molar-refractivity contribution >= 4 is 16.9 Å². The van der Waals surface area contributed by atoms with E-state index < -0.39 is 0 Å². The van der Waals surface area contributed by atoms with Crippen LogP contribution < -0.4 is 5.32 Å². The van der Waals surface area contributed by atoms with Crippen molar-refractivity contribution in [2.45, 2.75) is 12.8 Å². The zero-order valence-corrected chi connectivity index (χ0v) is 14.5. The van der Waals surface area contributed by atoms with Crippen molar-refractivity contribution in [3.05, 3.63) is 60.2 Å². The molecule has 0 bridgehead atoms. The number of nitrogens with zero attached hydrogens (tertiary/aromatic N) is 3. The molecule has 3 N–H and O–H groups in total. The summed E-state index contributed by atoms with van der Waals surface area (Å²) in [6, 6.07) is 13.6. The van der Waals surface area contributed by atoms with E-state index in [0.29, 0.717) is 12.2 Å². The van der Waals surface area contributed by atoms with Crippen LogP contribution in [0, 0.1) is 0 Å². The molecule has 0 aliphatic heterocycles. The van der Waals surface area contributed by atoms with Gasteiger partial charge in [0.2, 0.25) is 0 Å². The third kappa shape index (κ3) is 3.23. The van der Waals surface area contributed by atoms with Gasteiger partial charge < -0.3 is 14.9 Å². The smallest absolute Gasteiger partial charge is 0.269 e. The molecular weight excluding hydrogens is 328 g/mol. The van der Waals surface area contributed by atoms with Crippen molar-refractivity contribution in [2.24, 2.45) is 7.05 Å². The molecule has 0 aliphatic carbocycles. The van der Waals surface area contributed by atoms with Crippen LogP contribution in [0.25, 0.3) is 22.4 Å². The summed E-state index contributed by atoms with van der Waals surface area (Å²) in [5.41, 5.74) is 4.19. The quantitative estimate of drug-likeness (QED) is 0.468. The molecule has 3 aromatic heterocycles. The van der Waals surface area contributed by atoms with Crippen LogP contribution >= 0.6 is 0 Å². The summed E-state index contributed by atoms with van der Waals surface area (Å²) in [4.78, 5) is 20.1. The summed E-state index contributed by atoms with van der Waals surface area (Å²) >= 11 is 0. The highest BCUT2D eigenvalue weighted by Crippen LogP contribution is 2.17. The molecule has 0 atom stereocenters. The first-order valence-corrected chi connectivity index (χ1v) is 8.59. The van der Waals surface area contributed by atoms with Crippen LogP contribution in [0.2, 0.25) is 0 Å². The van der Waals surface area contributed by atoms with E-state index in [4.69, 9.17) is 0 Å². The molecule has 0 saturated heterocycles. The molecular formula is C19H20N6O. The van der Waals surface area contributed by atoms with E-state index in [1.54, 1.807) is 6.07 Å². The minimum Gasteiger partial charge on any atom is -0.351 e. The zero-order valence-electron chi connectivity index (χ0n) is 14.5. The van der Waals surface area contributed by atoms with Gasteiger partial charge in [-0.05, 0) is 36.8 Å². The van der Waals surface area contributed by atoms with Crippen LogP contribution in [0.15, 0.2) is 48.7 Å². The number of nitrogens with one attached hydrogen (secondary N) is 3. The van der Waals surface area contributed by atoms with E-state index in [-0.39, 0.29) is 5.91 Å². The molecule has 4 rings (SSSR count). The summed E-state index contributed by atoms with van der Waals surface area (Å²) in [5, 5.41) is 9.94. The molecule has 0 unspecified atom stereocenters. The van der Waals surface area contributed by atoms with Crippen molar-refractivity contribution in [3.63, 3.8) is 0 Å². The van der Waals surface area contributed by atoms with Gasteiger partial charge in [-0.25, -0.2) is 4.98 Å². The summed E-state index contributed by atoms with van der Waals surface area (Å²) in [6.45, 7) is 0.578. The van der Waals surface area contributed by atoms with Gasteiger partial charge in [-0.15, -0.1) is 0 Å². The van der Waals surface area contributed by atoms with Gasteiger partial charge in [-0.2, -0.15) is 5.10 Å². The lowest BCUT2D eigenvalue weighted by molar-refractivity contribution is 0.0948. The molecule has 132 valence electrons. The highest BCUT2D eigenvalue weighted by atomic mass is 16.1. The van der Waals surface area contributed by atoms with Crippen LogP contribution in [0.1, 0.15) is 22.7 Å². The fourth-order valence-corrected chi connectivity index (χ4v) is 2.97. The lowest BCUT2D eigenvalue weighted by Gasteiger charge is -2.02. The number of fused-ring (bicyclic) bond motifs is 1. The van der Waals surface area contributed by atoms with Crippen molar-refractivity contribution in [1.29, 1.82) is 0 Å². The molecule has 1 amide bonds. The van der Waals surface area contributed by atoms with Crippen LogP contribution in [0.4, 0.5) is 0 Å². The zero-order chi connectivity index (χ0) is 17.9. The highest BCUT2D eigenvalue weighted by Gasteiger charge is 2.12. The number of hydrogen-bond donors (Lipinski definition) is 3. The number of benzene rings is 1. The van der Waals surface area contributed by atoms with E-state index in [1.165, 1.54) is 0 Å². The summed E-state index contributed by atoms with van der Waals surface area (Å²) < 4.78 is 1.96. The first kappa shape index (κ1) is 16.1. The number of aromatic amines is 2. The van der Waals surface area contributed by atoms with Crippen molar-refractivity contribution in [2.75, 3.05) is 6.54 Å². The Kier molecular flexibility index (Phi) is 4.27. The molecule has 3 heterocycles. The van der Waals surface area contributed by atoms with Crippen LogP contribution in [0.5, 0.6) is 0 Å². The lowest BCUT2D eigenvalue weighted by atomic mass is 10.2. The second-order valence-electron chi connectivity index (χ2n) is 6.23. The van der Waals surface area contributed by atoms with Gasteiger partial charge in [0, 0.05) is 26.2 Å². The Bertz CT molecular complexity index is 1010. The molecule has 7 nitrogen and oxygen atoms in total. The third-order valence-corrected chi connectivity index (χ3v) is 4.34.